The first-order valence-corrected chi connectivity index (χ1v) is 8.28. The van der Waals surface area contributed by atoms with Crippen molar-refractivity contribution in [2.45, 2.75) is 20.3 Å². The van der Waals surface area contributed by atoms with E-state index in [2.05, 4.69) is 15.2 Å². The Bertz CT molecular complexity index is 785. The van der Waals surface area contributed by atoms with Crippen molar-refractivity contribution in [1.82, 2.24) is 9.78 Å². The highest BCUT2D eigenvalue weighted by Crippen LogP contribution is 2.29. The highest BCUT2D eigenvalue weighted by Gasteiger charge is 2.19. The number of ether oxygens (including phenoxy) is 3. The maximum atomic E-state index is 12.4. The van der Waals surface area contributed by atoms with E-state index in [1.165, 1.54) is 11.8 Å². The highest BCUT2D eigenvalue weighted by molar-refractivity contribution is 6.00. The van der Waals surface area contributed by atoms with Crippen LogP contribution < -0.4 is 14.8 Å². The summed E-state index contributed by atoms with van der Waals surface area (Å²) in [6, 6.07) is 5.36. The third-order valence-electron chi connectivity index (χ3n) is 3.45. The Kier molecular flexibility index (Phi) is 6.60. The van der Waals surface area contributed by atoms with Gasteiger partial charge in [-0.05, 0) is 31.5 Å². The van der Waals surface area contributed by atoms with Crippen LogP contribution in [0.15, 0.2) is 24.4 Å². The number of rotatable bonds is 8. The van der Waals surface area contributed by atoms with E-state index < -0.39 is 5.97 Å². The van der Waals surface area contributed by atoms with Crippen LogP contribution in [0.2, 0.25) is 0 Å². The third kappa shape index (κ3) is 4.75. The van der Waals surface area contributed by atoms with Crippen molar-refractivity contribution in [3.8, 4) is 11.5 Å². The van der Waals surface area contributed by atoms with Crippen LogP contribution in [0.1, 0.15) is 29.9 Å². The molecule has 0 spiro atoms. The molecule has 0 radical (unpaired) electrons. The SMILES string of the molecule is CCOc1ccc(CC(=O)Nc2cn(C)nc2C(=O)OC)cc1OCC. The second-order valence-corrected chi connectivity index (χ2v) is 5.43. The number of hydrogen-bond donors (Lipinski definition) is 1. The molecule has 0 atom stereocenters. The zero-order valence-corrected chi connectivity index (χ0v) is 15.4. The van der Waals surface area contributed by atoms with Crippen LogP contribution in [0.25, 0.3) is 0 Å². The molecule has 140 valence electrons. The largest absolute Gasteiger partial charge is 0.490 e. The summed E-state index contributed by atoms with van der Waals surface area (Å²) in [6.07, 6.45) is 1.66. The van der Waals surface area contributed by atoms with Gasteiger partial charge in [-0.25, -0.2) is 4.79 Å². The van der Waals surface area contributed by atoms with E-state index in [-0.39, 0.29) is 18.0 Å². The number of aryl methyl sites for hydroxylation is 1. The van der Waals surface area contributed by atoms with Gasteiger partial charge >= 0.3 is 5.97 Å². The van der Waals surface area contributed by atoms with Gasteiger partial charge in [-0.1, -0.05) is 6.07 Å². The molecule has 1 amide bonds. The molecule has 0 fully saturated rings. The summed E-state index contributed by atoms with van der Waals surface area (Å²) in [4.78, 5) is 24.1. The number of methoxy groups -OCH3 is 1. The van der Waals surface area contributed by atoms with E-state index in [0.717, 1.165) is 5.56 Å². The molecule has 0 saturated carbocycles. The molecule has 2 rings (SSSR count). The van der Waals surface area contributed by atoms with Crippen molar-refractivity contribution in [2.75, 3.05) is 25.6 Å². The van der Waals surface area contributed by atoms with Gasteiger partial charge in [0.15, 0.2) is 17.2 Å². The molecule has 1 heterocycles. The monoisotopic (exact) mass is 361 g/mol. The summed E-state index contributed by atoms with van der Waals surface area (Å²) < 4.78 is 17.2. The number of esters is 1. The van der Waals surface area contributed by atoms with Crippen molar-refractivity contribution in [3.05, 3.63) is 35.7 Å². The second-order valence-electron chi connectivity index (χ2n) is 5.43. The molecule has 2 aromatic rings. The zero-order valence-electron chi connectivity index (χ0n) is 15.4. The molecule has 1 aromatic carbocycles. The lowest BCUT2D eigenvalue weighted by molar-refractivity contribution is -0.115. The Labute approximate surface area is 152 Å². The molecule has 0 unspecified atom stereocenters. The first kappa shape index (κ1) is 19.3. The van der Waals surface area contributed by atoms with Gasteiger partial charge in [-0.3, -0.25) is 9.48 Å². The minimum Gasteiger partial charge on any atom is -0.490 e. The fourth-order valence-electron chi connectivity index (χ4n) is 2.41. The average molecular weight is 361 g/mol. The highest BCUT2D eigenvalue weighted by atomic mass is 16.5. The van der Waals surface area contributed by atoms with Crippen LogP contribution >= 0.6 is 0 Å². The first-order chi connectivity index (χ1) is 12.5. The Hall–Kier alpha value is -3.03. The van der Waals surface area contributed by atoms with Crippen molar-refractivity contribution in [3.63, 3.8) is 0 Å². The number of carbonyl (C=O) groups excluding carboxylic acids is 2. The fourth-order valence-corrected chi connectivity index (χ4v) is 2.41. The van der Waals surface area contributed by atoms with Crippen LogP contribution in [-0.4, -0.2) is 42.0 Å². The van der Waals surface area contributed by atoms with Crippen LogP contribution in [0.5, 0.6) is 11.5 Å². The normalized spacial score (nSPS) is 10.3. The summed E-state index contributed by atoms with van der Waals surface area (Å²) in [6.45, 7) is 4.79. The van der Waals surface area contributed by atoms with Gasteiger partial charge in [-0.15, -0.1) is 0 Å². The number of benzene rings is 1. The molecule has 0 saturated heterocycles. The minimum absolute atomic E-state index is 0.0602. The molecule has 1 N–H and O–H groups in total. The summed E-state index contributed by atoms with van der Waals surface area (Å²) in [5, 5.41) is 6.69. The summed E-state index contributed by atoms with van der Waals surface area (Å²) in [5.74, 6) is 0.338. The molecule has 8 nitrogen and oxygen atoms in total. The van der Waals surface area contributed by atoms with E-state index in [4.69, 9.17) is 9.47 Å². The van der Waals surface area contributed by atoms with Gasteiger partial charge in [0.25, 0.3) is 0 Å². The Balaban J connectivity index is 2.13. The van der Waals surface area contributed by atoms with E-state index in [0.29, 0.717) is 30.4 Å². The molecule has 0 bridgehead atoms. The number of nitrogens with one attached hydrogen (secondary N) is 1. The van der Waals surface area contributed by atoms with Crippen molar-refractivity contribution in [1.29, 1.82) is 0 Å². The molecule has 8 heteroatoms. The third-order valence-corrected chi connectivity index (χ3v) is 3.45. The minimum atomic E-state index is -0.611. The number of amides is 1. The topological polar surface area (TPSA) is 91.7 Å². The van der Waals surface area contributed by atoms with Gasteiger partial charge in [0, 0.05) is 13.2 Å². The molecule has 26 heavy (non-hydrogen) atoms. The zero-order chi connectivity index (χ0) is 19.1. The predicted molar refractivity (Wildman–Crippen MR) is 95.7 cm³/mol. The number of hydrogen-bond acceptors (Lipinski definition) is 6. The fraction of sp³-hybridized carbons (Fsp3) is 0.389. The maximum absolute atomic E-state index is 12.4. The summed E-state index contributed by atoms with van der Waals surface area (Å²) in [5.41, 5.74) is 1.13. The Morgan fingerprint density at radius 3 is 2.50 bits per heavy atom. The smallest absolute Gasteiger partial charge is 0.360 e. The lowest BCUT2D eigenvalue weighted by Crippen LogP contribution is -2.16. The Morgan fingerprint density at radius 2 is 1.85 bits per heavy atom. The number of carbonyl (C=O) groups is 2. The number of aromatic nitrogens is 2. The summed E-state index contributed by atoms with van der Waals surface area (Å²) >= 11 is 0. The maximum Gasteiger partial charge on any atom is 0.360 e. The second kappa shape index (κ2) is 8.89. The summed E-state index contributed by atoms with van der Waals surface area (Å²) in [7, 11) is 2.92. The lowest BCUT2D eigenvalue weighted by atomic mass is 10.1. The van der Waals surface area contributed by atoms with Gasteiger partial charge in [0.2, 0.25) is 5.91 Å². The van der Waals surface area contributed by atoms with Crippen molar-refractivity contribution in [2.24, 2.45) is 7.05 Å². The van der Waals surface area contributed by atoms with E-state index in [9.17, 15) is 9.59 Å². The van der Waals surface area contributed by atoms with Crippen molar-refractivity contribution < 1.29 is 23.8 Å². The van der Waals surface area contributed by atoms with E-state index in [1.54, 1.807) is 31.4 Å². The van der Waals surface area contributed by atoms with Crippen LogP contribution in [-0.2, 0) is 23.0 Å². The number of anilines is 1. The van der Waals surface area contributed by atoms with Crippen LogP contribution in [0.3, 0.4) is 0 Å². The number of nitrogens with zero attached hydrogens (tertiary/aromatic N) is 2. The van der Waals surface area contributed by atoms with Crippen LogP contribution in [0, 0.1) is 0 Å². The van der Waals surface area contributed by atoms with E-state index in [1.807, 2.05) is 13.8 Å². The lowest BCUT2D eigenvalue weighted by Gasteiger charge is -2.12. The van der Waals surface area contributed by atoms with Crippen LogP contribution in [0.4, 0.5) is 5.69 Å². The van der Waals surface area contributed by atoms with Gasteiger partial charge in [0.1, 0.15) is 0 Å². The standard InChI is InChI=1S/C18H23N3O5/c1-5-25-14-8-7-12(9-15(14)26-6-2)10-16(22)19-13-11-21(3)20-17(13)18(23)24-4/h7-9,11H,5-6,10H2,1-4H3,(H,19,22). The van der Waals surface area contributed by atoms with E-state index >= 15 is 0 Å². The molecule has 0 aliphatic heterocycles. The first-order valence-electron chi connectivity index (χ1n) is 8.28. The molecule has 0 aliphatic rings. The Morgan fingerprint density at radius 1 is 1.15 bits per heavy atom. The van der Waals surface area contributed by atoms with Gasteiger partial charge < -0.3 is 19.5 Å². The molecular weight excluding hydrogens is 338 g/mol. The van der Waals surface area contributed by atoms with Gasteiger partial charge in [-0.2, -0.15) is 5.10 Å². The van der Waals surface area contributed by atoms with Gasteiger partial charge in [0.05, 0.1) is 32.4 Å². The van der Waals surface area contributed by atoms with Crippen molar-refractivity contribution >= 4 is 17.6 Å². The quantitative estimate of drug-likeness (QED) is 0.725. The molecule has 1 aromatic heterocycles. The predicted octanol–water partition coefficient (Wildman–Crippen LogP) is 2.19. The average Bonchev–Trinajstić information content (AvgIpc) is 2.97. The molecule has 0 aliphatic carbocycles. The molecular formula is C18H23N3O5.